The quantitative estimate of drug-likeness (QED) is 0.616. The molecule has 1 atom stereocenters. The fourth-order valence-corrected chi connectivity index (χ4v) is 2.26. The van der Waals surface area contributed by atoms with Gasteiger partial charge in [-0.2, -0.15) is 11.8 Å². The summed E-state index contributed by atoms with van der Waals surface area (Å²) >= 11 is 7.83. The van der Waals surface area contributed by atoms with E-state index in [1.807, 2.05) is 0 Å². The first-order valence-corrected chi connectivity index (χ1v) is 7.47. The molecule has 6 heteroatoms. The van der Waals surface area contributed by atoms with Gasteiger partial charge in [0, 0.05) is 29.7 Å². The number of halogens is 1. The highest BCUT2D eigenvalue weighted by atomic mass is 35.5. The number of non-ortho nitro benzene ring substituents is 1. The van der Waals surface area contributed by atoms with Crippen LogP contribution in [0.3, 0.4) is 0 Å². The molecule has 1 aromatic rings. The van der Waals surface area contributed by atoms with Gasteiger partial charge in [-0.3, -0.25) is 10.1 Å². The lowest BCUT2D eigenvalue weighted by Gasteiger charge is -2.13. The molecule has 0 aliphatic rings. The predicted octanol–water partition coefficient (Wildman–Crippen LogP) is 3.48. The molecule has 1 rings (SSSR count). The molecule has 18 heavy (non-hydrogen) atoms. The maximum Gasteiger partial charge on any atom is 0.269 e. The van der Waals surface area contributed by atoms with E-state index in [1.165, 1.54) is 12.1 Å². The lowest BCUT2D eigenvalue weighted by atomic mass is 10.2. The lowest BCUT2D eigenvalue weighted by molar-refractivity contribution is -0.384. The van der Waals surface area contributed by atoms with E-state index < -0.39 is 4.92 Å². The van der Waals surface area contributed by atoms with Crippen molar-refractivity contribution in [3.05, 3.63) is 38.9 Å². The minimum atomic E-state index is -0.406. The molecule has 0 radical (unpaired) electrons. The first kappa shape index (κ1) is 15.3. The van der Waals surface area contributed by atoms with Crippen LogP contribution in [0.15, 0.2) is 18.2 Å². The Bertz CT molecular complexity index is 415. The Balaban J connectivity index is 2.60. The summed E-state index contributed by atoms with van der Waals surface area (Å²) in [6, 6.07) is 4.89. The van der Waals surface area contributed by atoms with Crippen LogP contribution in [-0.2, 0) is 6.54 Å². The zero-order valence-corrected chi connectivity index (χ0v) is 12.1. The van der Waals surface area contributed by atoms with Gasteiger partial charge >= 0.3 is 0 Å². The van der Waals surface area contributed by atoms with Crippen molar-refractivity contribution in [3.63, 3.8) is 0 Å². The summed E-state index contributed by atoms with van der Waals surface area (Å²) in [6.07, 6.45) is 3.14. The number of nitro groups is 1. The number of nitro benzene ring substituents is 1. The van der Waals surface area contributed by atoms with Crippen molar-refractivity contribution < 1.29 is 4.92 Å². The third-order valence-electron chi connectivity index (χ3n) is 2.64. The Morgan fingerprint density at radius 2 is 2.28 bits per heavy atom. The predicted molar refractivity (Wildman–Crippen MR) is 77.4 cm³/mol. The second kappa shape index (κ2) is 7.61. The molecule has 0 saturated heterocycles. The molecule has 0 fully saturated rings. The van der Waals surface area contributed by atoms with Crippen LogP contribution in [0.2, 0.25) is 5.02 Å². The van der Waals surface area contributed by atoms with Crippen LogP contribution in [0.25, 0.3) is 0 Å². The SMILES string of the molecule is CSCCC(C)NCc1cc([N+](=O)[O-])ccc1Cl. The number of hydrogen-bond donors (Lipinski definition) is 1. The second-order valence-electron chi connectivity index (χ2n) is 4.10. The van der Waals surface area contributed by atoms with Crippen molar-refractivity contribution in [2.24, 2.45) is 0 Å². The summed E-state index contributed by atoms with van der Waals surface area (Å²) in [5, 5.41) is 14.6. The molecule has 0 saturated carbocycles. The van der Waals surface area contributed by atoms with Crippen molar-refractivity contribution in [3.8, 4) is 0 Å². The van der Waals surface area contributed by atoms with Crippen LogP contribution >= 0.6 is 23.4 Å². The smallest absolute Gasteiger partial charge is 0.269 e. The summed E-state index contributed by atoms with van der Waals surface area (Å²) < 4.78 is 0. The second-order valence-corrected chi connectivity index (χ2v) is 5.49. The van der Waals surface area contributed by atoms with Crippen LogP contribution < -0.4 is 5.32 Å². The van der Waals surface area contributed by atoms with Crippen molar-refractivity contribution in [2.45, 2.75) is 25.9 Å². The molecule has 1 N–H and O–H groups in total. The topological polar surface area (TPSA) is 55.2 Å². The molecule has 4 nitrogen and oxygen atoms in total. The van der Waals surface area contributed by atoms with E-state index in [0.29, 0.717) is 17.6 Å². The van der Waals surface area contributed by atoms with Crippen molar-refractivity contribution in [2.75, 3.05) is 12.0 Å². The normalized spacial score (nSPS) is 12.4. The number of nitrogens with one attached hydrogen (secondary N) is 1. The Kier molecular flexibility index (Phi) is 6.46. The highest BCUT2D eigenvalue weighted by Crippen LogP contribution is 2.22. The standard InChI is InChI=1S/C12H17ClN2O2S/c1-9(5-6-18-2)14-8-10-7-11(15(16)17)3-4-12(10)13/h3-4,7,9,14H,5-6,8H2,1-2H3. The zero-order chi connectivity index (χ0) is 13.5. The molecule has 0 aliphatic heterocycles. The zero-order valence-electron chi connectivity index (χ0n) is 10.5. The number of hydrogen-bond acceptors (Lipinski definition) is 4. The number of rotatable bonds is 7. The van der Waals surface area contributed by atoms with E-state index in [-0.39, 0.29) is 5.69 Å². The molecule has 0 spiro atoms. The van der Waals surface area contributed by atoms with E-state index in [2.05, 4.69) is 18.5 Å². The third-order valence-corrected chi connectivity index (χ3v) is 3.65. The van der Waals surface area contributed by atoms with Crippen LogP contribution in [-0.4, -0.2) is 23.0 Å². The Hall–Kier alpha value is -0.780. The molecule has 100 valence electrons. The van der Waals surface area contributed by atoms with Gasteiger partial charge in [0.2, 0.25) is 0 Å². The average Bonchev–Trinajstić information content (AvgIpc) is 2.35. The Labute approximate surface area is 116 Å². The Morgan fingerprint density at radius 1 is 1.56 bits per heavy atom. The fraction of sp³-hybridized carbons (Fsp3) is 0.500. The van der Waals surface area contributed by atoms with Crippen molar-refractivity contribution in [1.82, 2.24) is 5.32 Å². The monoisotopic (exact) mass is 288 g/mol. The molecular formula is C12H17ClN2O2S. The summed E-state index contributed by atoms with van der Waals surface area (Å²) in [6.45, 7) is 2.65. The van der Waals surface area contributed by atoms with E-state index in [4.69, 9.17) is 11.6 Å². The van der Waals surface area contributed by atoms with Crippen molar-refractivity contribution >= 4 is 29.1 Å². The van der Waals surface area contributed by atoms with Gasteiger partial charge in [0.1, 0.15) is 0 Å². The maximum absolute atomic E-state index is 10.7. The largest absolute Gasteiger partial charge is 0.310 e. The minimum absolute atomic E-state index is 0.0768. The van der Waals surface area contributed by atoms with E-state index in [0.717, 1.165) is 17.7 Å². The molecular weight excluding hydrogens is 272 g/mol. The summed E-state index contributed by atoms with van der Waals surface area (Å²) in [4.78, 5) is 10.3. The molecule has 0 aromatic heterocycles. The van der Waals surface area contributed by atoms with Crippen LogP contribution in [0.5, 0.6) is 0 Å². The fourth-order valence-electron chi connectivity index (χ4n) is 1.49. The first-order valence-electron chi connectivity index (χ1n) is 5.69. The molecule has 0 amide bonds. The number of nitrogens with zero attached hydrogens (tertiary/aromatic N) is 1. The van der Waals surface area contributed by atoms with Crippen LogP contribution in [0.4, 0.5) is 5.69 Å². The van der Waals surface area contributed by atoms with Gasteiger partial charge in [0.05, 0.1) is 4.92 Å². The van der Waals surface area contributed by atoms with Gasteiger partial charge in [0.15, 0.2) is 0 Å². The van der Waals surface area contributed by atoms with Gasteiger partial charge in [0.25, 0.3) is 5.69 Å². The lowest BCUT2D eigenvalue weighted by Crippen LogP contribution is -2.26. The van der Waals surface area contributed by atoms with Gasteiger partial charge in [-0.15, -0.1) is 0 Å². The van der Waals surface area contributed by atoms with E-state index >= 15 is 0 Å². The molecule has 1 unspecified atom stereocenters. The summed E-state index contributed by atoms with van der Waals surface area (Å²) in [7, 11) is 0. The minimum Gasteiger partial charge on any atom is -0.310 e. The number of thioether (sulfide) groups is 1. The maximum atomic E-state index is 10.7. The third kappa shape index (κ3) is 4.84. The Morgan fingerprint density at radius 3 is 2.89 bits per heavy atom. The summed E-state index contributed by atoms with van der Waals surface area (Å²) in [5.74, 6) is 1.09. The van der Waals surface area contributed by atoms with Gasteiger partial charge in [-0.1, -0.05) is 11.6 Å². The molecule has 0 bridgehead atoms. The first-order chi connectivity index (χ1) is 8.54. The number of benzene rings is 1. The van der Waals surface area contributed by atoms with E-state index in [1.54, 1.807) is 17.8 Å². The average molecular weight is 289 g/mol. The highest BCUT2D eigenvalue weighted by molar-refractivity contribution is 7.98. The summed E-state index contributed by atoms with van der Waals surface area (Å²) in [5.41, 5.74) is 0.842. The van der Waals surface area contributed by atoms with Crippen molar-refractivity contribution in [1.29, 1.82) is 0 Å². The van der Waals surface area contributed by atoms with Gasteiger partial charge < -0.3 is 5.32 Å². The van der Waals surface area contributed by atoms with E-state index in [9.17, 15) is 10.1 Å². The van der Waals surface area contributed by atoms with Gasteiger partial charge in [-0.25, -0.2) is 0 Å². The molecule has 0 aliphatic carbocycles. The van der Waals surface area contributed by atoms with Crippen LogP contribution in [0, 0.1) is 10.1 Å². The van der Waals surface area contributed by atoms with Gasteiger partial charge in [-0.05, 0) is 37.0 Å². The molecule has 1 aromatic carbocycles. The van der Waals surface area contributed by atoms with Crippen LogP contribution in [0.1, 0.15) is 18.9 Å². The highest BCUT2D eigenvalue weighted by Gasteiger charge is 2.10. The molecule has 0 heterocycles.